The van der Waals surface area contributed by atoms with Crippen LogP contribution >= 0.6 is 11.6 Å². The minimum atomic E-state index is -0.497. The van der Waals surface area contributed by atoms with E-state index in [-0.39, 0.29) is 18.0 Å². The molecule has 1 spiro atoms. The standard InChI is InChI=1S/C24H27ClN4O2/c25-17-9-16(12-27-13-17)15-3-5-21-19(10-15)24(14-30-23(26)28-24)20-11-18(4-6-22(20)31-21)29-7-1-2-8-29/h3,5,9-10,12-13,18,20,22H,1-2,4,6-8,11,14H2,(H2,26,28)/t18-,20+,22+,24?/m1/s1. The molecule has 2 fully saturated rings. The van der Waals surface area contributed by atoms with Crippen molar-refractivity contribution in [2.75, 3.05) is 19.7 Å². The molecule has 4 aliphatic rings. The van der Waals surface area contributed by atoms with Gasteiger partial charge < -0.3 is 20.1 Å². The van der Waals surface area contributed by atoms with Crippen LogP contribution in [0, 0.1) is 5.92 Å². The Morgan fingerprint density at radius 1 is 1.10 bits per heavy atom. The Morgan fingerprint density at radius 2 is 1.97 bits per heavy atom. The Labute approximate surface area is 187 Å². The van der Waals surface area contributed by atoms with Crippen molar-refractivity contribution < 1.29 is 9.47 Å². The number of rotatable bonds is 2. The molecule has 1 aromatic carbocycles. The minimum Gasteiger partial charge on any atom is -0.490 e. The molecule has 0 radical (unpaired) electrons. The summed E-state index contributed by atoms with van der Waals surface area (Å²) in [5.41, 5.74) is 8.68. The van der Waals surface area contributed by atoms with Crippen LogP contribution in [0.3, 0.4) is 0 Å². The molecule has 4 atom stereocenters. The highest BCUT2D eigenvalue weighted by molar-refractivity contribution is 6.30. The van der Waals surface area contributed by atoms with E-state index in [1.807, 2.05) is 12.3 Å². The molecule has 2 N–H and O–H groups in total. The van der Waals surface area contributed by atoms with E-state index in [1.54, 1.807) is 6.20 Å². The topological polar surface area (TPSA) is 73.0 Å². The maximum atomic E-state index is 6.56. The Balaban J connectivity index is 1.43. The Kier molecular flexibility index (Phi) is 4.62. The number of halogens is 1. The number of hydrogen-bond acceptors (Lipinski definition) is 6. The number of hydrogen-bond donors (Lipinski definition) is 1. The molecule has 6 nitrogen and oxygen atoms in total. The lowest BCUT2D eigenvalue weighted by atomic mass is 9.66. The van der Waals surface area contributed by atoms with Gasteiger partial charge in [0.1, 0.15) is 24.0 Å². The third-order valence-electron chi connectivity index (χ3n) is 7.54. The normalized spacial score (nSPS) is 32.2. The third-order valence-corrected chi connectivity index (χ3v) is 7.75. The van der Waals surface area contributed by atoms with Crippen molar-refractivity contribution in [1.82, 2.24) is 9.88 Å². The molecule has 1 unspecified atom stereocenters. The fraction of sp³-hybridized carbons (Fsp3) is 0.500. The molecule has 1 aromatic heterocycles. The van der Waals surface area contributed by atoms with E-state index in [2.05, 4.69) is 28.1 Å². The van der Waals surface area contributed by atoms with Crippen molar-refractivity contribution in [3.63, 3.8) is 0 Å². The first-order valence-electron chi connectivity index (χ1n) is 11.3. The number of nitrogens with two attached hydrogens (primary N) is 1. The van der Waals surface area contributed by atoms with E-state index in [9.17, 15) is 0 Å². The summed E-state index contributed by atoms with van der Waals surface area (Å²) in [4.78, 5) is 11.9. The summed E-state index contributed by atoms with van der Waals surface area (Å²) in [6, 6.07) is 9.10. The predicted octanol–water partition coefficient (Wildman–Crippen LogP) is 3.97. The SMILES string of the molecule is NC1=NC2(CO1)c1cc(-c3cncc(Cl)c3)ccc1O[C@H]1CC[C@@H](N3CCCC3)C[C@@H]12. The quantitative estimate of drug-likeness (QED) is 0.768. The molecule has 1 saturated heterocycles. The number of likely N-dealkylation sites (tertiary alicyclic amines) is 1. The zero-order chi connectivity index (χ0) is 21.0. The highest BCUT2D eigenvalue weighted by Crippen LogP contribution is 2.53. The smallest absolute Gasteiger partial charge is 0.283 e. The maximum absolute atomic E-state index is 6.56. The van der Waals surface area contributed by atoms with Crippen molar-refractivity contribution >= 4 is 17.6 Å². The van der Waals surface area contributed by atoms with Crippen molar-refractivity contribution in [3.05, 3.63) is 47.2 Å². The van der Waals surface area contributed by atoms with Crippen molar-refractivity contribution in [1.29, 1.82) is 0 Å². The van der Waals surface area contributed by atoms with Crippen LogP contribution in [0.2, 0.25) is 5.02 Å². The molecular weight excluding hydrogens is 412 g/mol. The number of benzene rings is 1. The molecule has 31 heavy (non-hydrogen) atoms. The average Bonchev–Trinajstić information content (AvgIpc) is 3.45. The van der Waals surface area contributed by atoms with Crippen LogP contribution in [0.15, 0.2) is 41.7 Å². The second-order valence-electron chi connectivity index (χ2n) is 9.24. The van der Waals surface area contributed by atoms with Gasteiger partial charge in [-0.25, -0.2) is 4.99 Å². The molecule has 1 aliphatic carbocycles. The van der Waals surface area contributed by atoms with Crippen molar-refractivity contribution in [2.24, 2.45) is 16.6 Å². The van der Waals surface area contributed by atoms with Gasteiger partial charge in [-0.05, 0) is 69.0 Å². The predicted molar refractivity (Wildman–Crippen MR) is 120 cm³/mol. The van der Waals surface area contributed by atoms with Gasteiger partial charge in [0.2, 0.25) is 0 Å². The largest absolute Gasteiger partial charge is 0.490 e. The third kappa shape index (κ3) is 3.19. The second-order valence-corrected chi connectivity index (χ2v) is 9.67. The number of aromatic nitrogens is 1. The van der Waals surface area contributed by atoms with Gasteiger partial charge in [0, 0.05) is 35.5 Å². The molecule has 4 heterocycles. The van der Waals surface area contributed by atoms with Crippen LogP contribution in [0.5, 0.6) is 5.75 Å². The van der Waals surface area contributed by atoms with E-state index in [0.29, 0.717) is 17.7 Å². The Morgan fingerprint density at radius 3 is 2.74 bits per heavy atom. The molecule has 3 aliphatic heterocycles. The number of ether oxygens (including phenoxy) is 2. The van der Waals surface area contributed by atoms with Gasteiger partial charge >= 0.3 is 0 Å². The summed E-state index contributed by atoms with van der Waals surface area (Å²) >= 11 is 6.20. The van der Waals surface area contributed by atoms with E-state index >= 15 is 0 Å². The summed E-state index contributed by atoms with van der Waals surface area (Å²) in [6.45, 7) is 2.89. The van der Waals surface area contributed by atoms with Crippen molar-refractivity contribution in [2.45, 2.75) is 49.8 Å². The zero-order valence-corrected chi connectivity index (χ0v) is 18.2. The number of pyridine rings is 1. The Hall–Kier alpha value is -2.31. The van der Waals surface area contributed by atoms with Crippen LogP contribution in [0.4, 0.5) is 0 Å². The Bertz CT molecular complexity index is 1040. The van der Waals surface area contributed by atoms with E-state index in [0.717, 1.165) is 35.3 Å². The summed E-state index contributed by atoms with van der Waals surface area (Å²) in [6.07, 6.45) is 9.52. The van der Waals surface area contributed by atoms with Gasteiger partial charge in [-0.1, -0.05) is 17.7 Å². The number of fused-ring (bicyclic) bond motifs is 4. The van der Waals surface area contributed by atoms with Crippen LogP contribution in [-0.2, 0) is 10.3 Å². The van der Waals surface area contributed by atoms with Gasteiger partial charge in [0.25, 0.3) is 6.02 Å². The van der Waals surface area contributed by atoms with Gasteiger partial charge in [-0.3, -0.25) is 4.98 Å². The first-order valence-corrected chi connectivity index (χ1v) is 11.6. The highest BCUT2D eigenvalue weighted by Gasteiger charge is 2.56. The zero-order valence-electron chi connectivity index (χ0n) is 17.5. The molecule has 7 heteroatoms. The first kappa shape index (κ1) is 19.4. The van der Waals surface area contributed by atoms with E-state index in [1.165, 1.54) is 32.4 Å². The molecule has 1 saturated carbocycles. The monoisotopic (exact) mass is 438 g/mol. The second kappa shape index (κ2) is 7.38. The fourth-order valence-electron chi connectivity index (χ4n) is 6.06. The van der Waals surface area contributed by atoms with E-state index < -0.39 is 5.54 Å². The molecule has 0 bridgehead atoms. The van der Waals surface area contributed by atoms with Crippen LogP contribution in [-0.4, -0.2) is 47.7 Å². The molecule has 0 amide bonds. The van der Waals surface area contributed by atoms with Crippen LogP contribution in [0.1, 0.15) is 37.7 Å². The maximum Gasteiger partial charge on any atom is 0.283 e. The lowest BCUT2D eigenvalue weighted by molar-refractivity contribution is -0.0193. The van der Waals surface area contributed by atoms with Gasteiger partial charge in [-0.15, -0.1) is 0 Å². The molecule has 6 rings (SSSR count). The highest BCUT2D eigenvalue weighted by atomic mass is 35.5. The fourth-order valence-corrected chi connectivity index (χ4v) is 6.23. The van der Waals surface area contributed by atoms with Crippen LogP contribution in [0.25, 0.3) is 11.1 Å². The number of amidine groups is 1. The van der Waals surface area contributed by atoms with Gasteiger partial charge in [0.05, 0.1) is 5.02 Å². The molecule has 162 valence electrons. The van der Waals surface area contributed by atoms with Crippen LogP contribution < -0.4 is 10.5 Å². The summed E-state index contributed by atoms with van der Waals surface area (Å²) in [5.74, 6) is 1.13. The average molecular weight is 439 g/mol. The van der Waals surface area contributed by atoms with Gasteiger partial charge in [0.15, 0.2) is 0 Å². The summed E-state index contributed by atoms with van der Waals surface area (Å²) in [7, 11) is 0. The lowest BCUT2D eigenvalue weighted by Gasteiger charge is -2.49. The van der Waals surface area contributed by atoms with E-state index in [4.69, 9.17) is 31.8 Å². The summed E-state index contributed by atoms with van der Waals surface area (Å²) in [5, 5.41) is 0.619. The molecule has 2 aromatic rings. The van der Waals surface area contributed by atoms with Gasteiger partial charge in [-0.2, -0.15) is 0 Å². The molecular formula is C24H27ClN4O2. The lowest BCUT2D eigenvalue weighted by Crippen LogP contribution is -2.54. The first-order chi connectivity index (χ1) is 15.1. The number of nitrogens with zero attached hydrogens (tertiary/aromatic N) is 3. The minimum absolute atomic E-state index is 0.142. The summed E-state index contributed by atoms with van der Waals surface area (Å²) < 4.78 is 12.4. The van der Waals surface area contributed by atoms with Crippen molar-refractivity contribution in [3.8, 4) is 16.9 Å². The number of aliphatic imine (C=N–C) groups is 1.